The molecule has 3 heteroatoms. The summed E-state index contributed by atoms with van der Waals surface area (Å²) < 4.78 is 0. The Morgan fingerprint density at radius 2 is 1.93 bits per heavy atom. The monoisotopic (exact) mass is 233 g/mol. The highest BCUT2D eigenvalue weighted by atomic mass is 32.1. The van der Waals surface area contributed by atoms with E-state index < -0.39 is 0 Å². The Kier molecular flexibility index (Phi) is 3.14. The lowest BCUT2D eigenvalue weighted by Gasteiger charge is -2.06. The fourth-order valence-electron chi connectivity index (χ4n) is 1.31. The van der Waals surface area contributed by atoms with Crippen LogP contribution in [0.4, 0.5) is 5.69 Å². The fourth-order valence-corrected chi connectivity index (χ4v) is 2.56. The van der Waals surface area contributed by atoms with E-state index in [0.717, 1.165) is 15.6 Å². The molecule has 0 radical (unpaired) electrons. The van der Waals surface area contributed by atoms with Gasteiger partial charge in [-0.15, -0.1) is 11.3 Å². The zero-order valence-electron chi connectivity index (χ0n) is 8.36. The summed E-state index contributed by atoms with van der Waals surface area (Å²) in [4.78, 5) is 1.95. The molecule has 15 heavy (non-hydrogen) atoms. The Morgan fingerprint density at radius 3 is 2.53 bits per heavy atom. The maximum Gasteiger partial charge on any atom is 0.121 e. The molecule has 2 aromatic rings. The van der Waals surface area contributed by atoms with Crippen molar-refractivity contribution in [3.63, 3.8) is 0 Å². The van der Waals surface area contributed by atoms with Crippen LogP contribution in [0.5, 0.6) is 0 Å². The highest BCUT2D eigenvalue weighted by molar-refractivity contribution is 7.81. The van der Waals surface area contributed by atoms with Crippen LogP contribution in [0.15, 0.2) is 41.8 Å². The second kappa shape index (κ2) is 4.55. The van der Waals surface area contributed by atoms with Crippen molar-refractivity contribution in [2.75, 3.05) is 5.32 Å². The average Bonchev–Trinajstić information content (AvgIpc) is 2.66. The largest absolute Gasteiger partial charge is 0.345 e. The second-order valence-electron chi connectivity index (χ2n) is 3.25. The van der Waals surface area contributed by atoms with Crippen LogP contribution in [0, 0.1) is 6.92 Å². The Morgan fingerprint density at radius 1 is 1.20 bits per heavy atom. The van der Waals surface area contributed by atoms with E-state index in [1.807, 2.05) is 30.3 Å². The molecule has 1 aromatic carbocycles. The Bertz CT molecular complexity index is 459. The summed E-state index contributed by atoms with van der Waals surface area (Å²) in [6.45, 7) is 2.07. The number of thiophene rings is 1. The molecule has 0 amide bonds. The topological polar surface area (TPSA) is 12.0 Å². The molecule has 0 aliphatic heterocycles. The van der Waals surface area contributed by atoms with Crippen LogP contribution < -0.4 is 5.32 Å². The van der Waals surface area contributed by atoms with E-state index in [2.05, 4.69) is 23.7 Å². The van der Waals surface area contributed by atoms with E-state index in [9.17, 15) is 0 Å². The quantitative estimate of drug-likeness (QED) is 0.791. The lowest BCUT2D eigenvalue weighted by atomic mass is 10.2. The van der Waals surface area contributed by atoms with E-state index in [1.165, 1.54) is 5.56 Å². The van der Waals surface area contributed by atoms with Gasteiger partial charge >= 0.3 is 0 Å². The number of anilines is 1. The molecule has 0 aliphatic carbocycles. The van der Waals surface area contributed by atoms with Crippen LogP contribution in [0.3, 0.4) is 0 Å². The highest BCUT2D eigenvalue weighted by Crippen LogP contribution is 2.18. The molecule has 0 saturated heterocycles. The molecule has 76 valence electrons. The number of hydrogen-bond donors (Lipinski definition) is 1. The first-order chi connectivity index (χ1) is 7.27. The van der Waals surface area contributed by atoms with Crippen molar-refractivity contribution in [2.45, 2.75) is 6.92 Å². The second-order valence-corrected chi connectivity index (χ2v) is 4.58. The summed E-state index contributed by atoms with van der Waals surface area (Å²) >= 11 is 7.02. The van der Waals surface area contributed by atoms with Gasteiger partial charge in [0, 0.05) is 5.69 Å². The normalized spacial score (nSPS) is 9.93. The van der Waals surface area contributed by atoms with Crippen LogP contribution >= 0.6 is 23.6 Å². The number of hydrogen-bond acceptors (Lipinski definition) is 2. The molecule has 0 bridgehead atoms. The van der Waals surface area contributed by atoms with Crippen molar-refractivity contribution in [3.8, 4) is 0 Å². The van der Waals surface area contributed by atoms with Gasteiger partial charge in [0.15, 0.2) is 0 Å². The molecule has 0 atom stereocenters. The van der Waals surface area contributed by atoms with Gasteiger partial charge in [-0.2, -0.15) is 0 Å². The lowest BCUT2D eigenvalue weighted by Crippen LogP contribution is -2.09. The smallest absolute Gasteiger partial charge is 0.121 e. The van der Waals surface area contributed by atoms with Crippen LogP contribution in [-0.4, -0.2) is 4.99 Å². The first kappa shape index (κ1) is 10.3. The third-order valence-electron chi connectivity index (χ3n) is 2.10. The zero-order valence-corrected chi connectivity index (χ0v) is 9.99. The predicted octanol–water partition coefficient (Wildman–Crippen LogP) is 3.84. The van der Waals surface area contributed by atoms with Crippen molar-refractivity contribution in [1.82, 2.24) is 0 Å². The molecule has 2 rings (SSSR count). The lowest BCUT2D eigenvalue weighted by molar-refractivity contribution is 1.53. The summed E-state index contributed by atoms with van der Waals surface area (Å²) in [5.74, 6) is 0. The average molecular weight is 233 g/mol. The number of aryl methyl sites for hydroxylation is 1. The number of benzene rings is 1. The van der Waals surface area contributed by atoms with Gasteiger partial charge in [0.05, 0.1) is 4.88 Å². The Hall–Kier alpha value is -1.19. The fraction of sp³-hybridized carbons (Fsp3) is 0.0833. The van der Waals surface area contributed by atoms with Crippen LogP contribution in [0.25, 0.3) is 0 Å². The molecule has 1 N–H and O–H groups in total. The zero-order chi connectivity index (χ0) is 10.7. The minimum atomic E-state index is 0.800. The van der Waals surface area contributed by atoms with Crippen LogP contribution in [-0.2, 0) is 0 Å². The van der Waals surface area contributed by atoms with Gasteiger partial charge in [0.2, 0.25) is 0 Å². The minimum Gasteiger partial charge on any atom is -0.345 e. The standard InChI is InChI=1S/C12H11NS2/c1-9-7-8-15-11(9)12(14)13-10-5-3-2-4-6-10/h2-8H,1H3,(H,13,14). The highest BCUT2D eigenvalue weighted by Gasteiger charge is 2.05. The minimum absolute atomic E-state index is 0.800. The summed E-state index contributed by atoms with van der Waals surface area (Å²) in [5, 5.41) is 5.29. The van der Waals surface area contributed by atoms with E-state index in [4.69, 9.17) is 12.2 Å². The first-order valence-electron chi connectivity index (χ1n) is 4.68. The third kappa shape index (κ3) is 2.43. The SMILES string of the molecule is Cc1ccsc1C(=S)Nc1ccccc1. The van der Waals surface area contributed by atoms with Crippen LogP contribution in [0.2, 0.25) is 0 Å². The molecular formula is C12H11NS2. The molecule has 0 fully saturated rings. The third-order valence-corrected chi connectivity index (χ3v) is 3.57. The van der Waals surface area contributed by atoms with Gasteiger partial charge in [-0.3, -0.25) is 0 Å². The van der Waals surface area contributed by atoms with E-state index in [-0.39, 0.29) is 0 Å². The van der Waals surface area contributed by atoms with Gasteiger partial charge in [-0.25, -0.2) is 0 Å². The van der Waals surface area contributed by atoms with Gasteiger partial charge in [-0.05, 0) is 36.1 Å². The molecule has 0 unspecified atom stereocenters. The van der Waals surface area contributed by atoms with Gasteiger partial charge in [-0.1, -0.05) is 30.4 Å². The summed E-state index contributed by atoms with van der Waals surface area (Å²) in [6, 6.07) is 12.1. The van der Waals surface area contributed by atoms with Gasteiger partial charge in [0.1, 0.15) is 4.99 Å². The van der Waals surface area contributed by atoms with Crippen molar-refractivity contribution in [1.29, 1.82) is 0 Å². The maximum atomic E-state index is 5.34. The van der Waals surface area contributed by atoms with Crippen molar-refractivity contribution < 1.29 is 0 Å². The predicted molar refractivity (Wildman–Crippen MR) is 70.8 cm³/mol. The first-order valence-corrected chi connectivity index (χ1v) is 5.96. The van der Waals surface area contributed by atoms with Crippen LogP contribution in [0.1, 0.15) is 10.4 Å². The number of thiocarbonyl (C=S) groups is 1. The van der Waals surface area contributed by atoms with Gasteiger partial charge in [0.25, 0.3) is 0 Å². The Balaban J connectivity index is 2.15. The molecule has 1 heterocycles. The van der Waals surface area contributed by atoms with Gasteiger partial charge < -0.3 is 5.32 Å². The molecule has 1 aromatic heterocycles. The number of nitrogens with one attached hydrogen (secondary N) is 1. The summed E-state index contributed by atoms with van der Waals surface area (Å²) in [6.07, 6.45) is 0. The molecule has 0 spiro atoms. The van der Waals surface area contributed by atoms with Crippen molar-refractivity contribution >= 4 is 34.2 Å². The molecule has 0 saturated carbocycles. The van der Waals surface area contributed by atoms with Crippen molar-refractivity contribution in [3.05, 3.63) is 52.2 Å². The number of rotatable bonds is 2. The van der Waals surface area contributed by atoms with E-state index >= 15 is 0 Å². The molecular weight excluding hydrogens is 222 g/mol. The Labute approximate surface area is 98.8 Å². The number of para-hydroxylation sites is 1. The summed E-state index contributed by atoms with van der Waals surface area (Å²) in [7, 11) is 0. The van der Waals surface area contributed by atoms with E-state index in [1.54, 1.807) is 11.3 Å². The van der Waals surface area contributed by atoms with Crippen molar-refractivity contribution in [2.24, 2.45) is 0 Å². The maximum absolute atomic E-state index is 5.34. The molecule has 0 aliphatic rings. The summed E-state index contributed by atoms with van der Waals surface area (Å²) in [5.41, 5.74) is 2.27. The molecule has 1 nitrogen and oxygen atoms in total. The van der Waals surface area contributed by atoms with E-state index in [0.29, 0.717) is 0 Å².